The molecule has 2 rings (SSSR count). The number of alkyl halides is 2. The Morgan fingerprint density at radius 2 is 2.18 bits per heavy atom. The molecule has 0 aromatic carbocycles. The summed E-state index contributed by atoms with van der Waals surface area (Å²) in [6, 6.07) is 0. The van der Waals surface area contributed by atoms with Crippen molar-refractivity contribution in [3.63, 3.8) is 0 Å². The van der Waals surface area contributed by atoms with Gasteiger partial charge in [-0.15, -0.1) is 5.10 Å². The molecule has 4 nitrogen and oxygen atoms in total. The van der Waals surface area contributed by atoms with E-state index in [1.54, 1.807) is 17.9 Å². The van der Waals surface area contributed by atoms with Crippen molar-refractivity contribution in [2.24, 2.45) is 13.0 Å². The molecule has 0 saturated heterocycles. The molecular weight excluding hydrogens is 228 g/mol. The second kappa shape index (κ2) is 4.68. The van der Waals surface area contributed by atoms with Gasteiger partial charge in [-0.2, -0.15) is 0 Å². The highest BCUT2D eigenvalue weighted by Gasteiger charge is 2.37. The Kier molecular flexibility index (Phi) is 3.42. The first-order valence-corrected chi connectivity index (χ1v) is 5.87. The molecule has 1 unspecified atom stereocenters. The van der Waals surface area contributed by atoms with Crippen molar-refractivity contribution in [1.29, 1.82) is 0 Å². The summed E-state index contributed by atoms with van der Waals surface area (Å²) in [6.45, 7) is 0. The number of aliphatic hydroxyl groups excluding tert-OH is 1. The third-order valence-corrected chi connectivity index (χ3v) is 3.37. The lowest BCUT2D eigenvalue weighted by Gasteiger charge is -2.30. The Labute approximate surface area is 98.6 Å². The summed E-state index contributed by atoms with van der Waals surface area (Å²) >= 11 is 0. The molecule has 96 valence electrons. The van der Waals surface area contributed by atoms with Crippen molar-refractivity contribution >= 4 is 0 Å². The van der Waals surface area contributed by atoms with Crippen molar-refractivity contribution in [3.05, 3.63) is 11.9 Å². The number of hydrogen-bond donors (Lipinski definition) is 1. The van der Waals surface area contributed by atoms with E-state index < -0.39 is 12.0 Å². The maximum atomic E-state index is 13.0. The van der Waals surface area contributed by atoms with Gasteiger partial charge in [0, 0.05) is 32.5 Å². The highest BCUT2D eigenvalue weighted by molar-refractivity contribution is 4.96. The molecule has 1 atom stereocenters. The molecule has 1 heterocycles. The van der Waals surface area contributed by atoms with Crippen LogP contribution in [0.15, 0.2) is 6.20 Å². The number of aliphatic hydroxyl groups is 1. The largest absolute Gasteiger partial charge is 0.392 e. The van der Waals surface area contributed by atoms with E-state index in [9.17, 15) is 13.9 Å². The van der Waals surface area contributed by atoms with Gasteiger partial charge in [0.1, 0.15) is 0 Å². The van der Waals surface area contributed by atoms with Crippen LogP contribution in [-0.4, -0.2) is 32.1 Å². The Morgan fingerprint density at radius 1 is 1.53 bits per heavy atom. The van der Waals surface area contributed by atoms with Gasteiger partial charge in [-0.3, -0.25) is 4.68 Å². The average molecular weight is 245 g/mol. The van der Waals surface area contributed by atoms with Gasteiger partial charge in [-0.05, 0) is 18.8 Å². The average Bonchev–Trinajstić information content (AvgIpc) is 2.63. The van der Waals surface area contributed by atoms with E-state index in [2.05, 4.69) is 10.3 Å². The van der Waals surface area contributed by atoms with Crippen LogP contribution in [0.25, 0.3) is 0 Å². The van der Waals surface area contributed by atoms with E-state index in [1.807, 2.05) is 0 Å². The number of halogens is 2. The van der Waals surface area contributed by atoms with Crippen molar-refractivity contribution in [2.75, 3.05) is 0 Å². The molecule has 0 bridgehead atoms. The molecule has 6 heteroatoms. The molecule has 1 fully saturated rings. The Morgan fingerprint density at radius 3 is 2.71 bits per heavy atom. The van der Waals surface area contributed by atoms with Crippen LogP contribution in [0.5, 0.6) is 0 Å². The molecular formula is C11H17F2N3O. The van der Waals surface area contributed by atoms with Crippen LogP contribution < -0.4 is 0 Å². The van der Waals surface area contributed by atoms with Gasteiger partial charge in [0.25, 0.3) is 0 Å². The van der Waals surface area contributed by atoms with Gasteiger partial charge in [0.2, 0.25) is 5.92 Å². The highest BCUT2D eigenvalue weighted by atomic mass is 19.3. The standard InChI is InChI=1S/C11H17F2N3O/c1-16-7-9(14-15-16)6-10(17)8-2-4-11(12,13)5-3-8/h7-8,10,17H,2-6H2,1H3. The third-order valence-electron chi connectivity index (χ3n) is 3.37. The summed E-state index contributed by atoms with van der Waals surface area (Å²) in [7, 11) is 1.75. The van der Waals surface area contributed by atoms with E-state index in [-0.39, 0.29) is 18.8 Å². The van der Waals surface area contributed by atoms with E-state index >= 15 is 0 Å². The smallest absolute Gasteiger partial charge is 0.248 e. The zero-order valence-corrected chi connectivity index (χ0v) is 9.81. The highest BCUT2D eigenvalue weighted by Crippen LogP contribution is 2.37. The number of aromatic nitrogens is 3. The van der Waals surface area contributed by atoms with Gasteiger partial charge in [0.15, 0.2) is 0 Å². The van der Waals surface area contributed by atoms with Gasteiger partial charge in [0.05, 0.1) is 11.8 Å². The topological polar surface area (TPSA) is 50.9 Å². The summed E-state index contributed by atoms with van der Waals surface area (Å²) in [5.74, 6) is -2.58. The maximum Gasteiger partial charge on any atom is 0.248 e. The molecule has 0 radical (unpaired) electrons. The van der Waals surface area contributed by atoms with Gasteiger partial charge in [-0.25, -0.2) is 8.78 Å². The van der Waals surface area contributed by atoms with Gasteiger partial charge < -0.3 is 5.11 Å². The number of nitrogens with zero attached hydrogens (tertiary/aromatic N) is 3. The van der Waals surface area contributed by atoms with Gasteiger partial charge >= 0.3 is 0 Å². The third kappa shape index (κ3) is 3.21. The lowest BCUT2D eigenvalue weighted by atomic mass is 9.82. The fourth-order valence-corrected chi connectivity index (χ4v) is 2.32. The van der Waals surface area contributed by atoms with Crippen LogP contribution in [0.4, 0.5) is 8.78 Å². The quantitative estimate of drug-likeness (QED) is 0.879. The second-order valence-corrected chi connectivity index (χ2v) is 4.85. The Balaban J connectivity index is 1.87. The zero-order chi connectivity index (χ0) is 12.5. The van der Waals surface area contributed by atoms with E-state index in [0.717, 1.165) is 0 Å². The van der Waals surface area contributed by atoms with Crippen LogP contribution in [0.2, 0.25) is 0 Å². The Hall–Kier alpha value is -1.04. The number of rotatable bonds is 3. The second-order valence-electron chi connectivity index (χ2n) is 4.85. The Bertz CT molecular complexity index is 371. The maximum absolute atomic E-state index is 13.0. The zero-order valence-electron chi connectivity index (χ0n) is 9.81. The normalized spacial score (nSPS) is 22.6. The summed E-state index contributed by atoms with van der Waals surface area (Å²) in [5, 5.41) is 17.6. The molecule has 1 aromatic heterocycles. The van der Waals surface area contributed by atoms with Crippen molar-refractivity contribution in [1.82, 2.24) is 15.0 Å². The predicted octanol–water partition coefficient (Wildman–Crippen LogP) is 1.54. The minimum Gasteiger partial charge on any atom is -0.392 e. The minimum atomic E-state index is -2.54. The van der Waals surface area contributed by atoms with Crippen LogP contribution in [0, 0.1) is 5.92 Å². The fraction of sp³-hybridized carbons (Fsp3) is 0.818. The molecule has 1 saturated carbocycles. The summed E-state index contributed by atoms with van der Waals surface area (Å²) in [5.41, 5.74) is 0.706. The minimum absolute atomic E-state index is 0.0448. The van der Waals surface area contributed by atoms with Crippen LogP contribution in [-0.2, 0) is 13.5 Å². The number of hydrogen-bond acceptors (Lipinski definition) is 3. The fourth-order valence-electron chi connectivity index (χ4n) is 2.32. The van der Waals surface area contributed by atoms with E-state index in [1.165, 1.54) is 0 Å². The molecule has 1 aliphatic carbocycles. The van der Waals surface area contributed by atoms with E-state index in [0.29, 0.717) is 25.0 Å². The van der Waals surface area contributed by atoms with Crippen LogP contribution in [0.3, 0.4) is 0 Å². The first kappa shape index (κ1) is 12.4. The van der Waals surface area contributed by atoms with Gasteiger partial charge in [-0.1, -0.05) is 5.21 Å². The first-order valence-electron chi connectivity index (χ1n) is 5.87. The summed E-state index contributed by atoms with van der Waals surface area (Å²) < 4.78 is 27.5. The molecule has 0 aliphatic heterocycles. The number of aryl methyl sites for hydroxylation is 1. The van der Waals surface area contributed by atoms with Crippen molar-refractivity contribution < 1.29 is 13.9 Å². The summed E-state index contributed by atoms with van der Waals surface area (Å²) in [6.07, 6.45) is 2.07. The van der Waals surface area contributed by atoms with E-state index in [4.69, 9.17) is 0 Å². The monoisotopic (exact) mass is 245 g/mol. The lowest BCUT2D eigenvalue weighted by molar-refractivity contribution is -0.0620. The molecule has 17 heavy (non-hydrogen) atoms. The predicted molar refractivity (Wildman–Crippen MR) is 57.6 cm³/mol. The molecule has 0 amide bonds. The van der Waals surface area contributed by atoms with Crippen molar-refractivity contribution in [3.8, 4) is 0 Å². The summed E-state index contributed by atoms with van der Waals surface area (Å²) in [4.78, 5) is 0. The van der Waals surface area contributed by atoms with Crippen LogP contribution in [0.1, 0.15) is 31.4 Å². The molecule has 1 aliphatic rings. The van der Waals surface area contributed by atoms with Crippen molar-refractivity contribution in [2.45, 2.75) is 44.1 Å². The molecule has 0 spiro atoms. The molecule has 1 N–H and O–H groups in total. The molecule has 1 aromatic rings. The lowest BCUT2D eigenvalue weighted by Crippen LogP contribution is -2.32. The first-order chi connectivity index (χ1) is 7.96. The SMILES string of the molecule is Cn1cc(CC(O)C2CCC(F)(F)CC2)nn1. The van der Waals surface area contributed by atoms with Crippen LogP contribution >= 0.6 is 0 Å².